The van der Waals surface area contributed by atoms with Crippen molar-refractivity contribution in [2.75, 3.05) is 32.3 Å². The quantitative estimate of drug-likeness (QED) is 0.232. The maximum absolute atomic E-state index is 13.8. The smallest absolute Gasteiger partial charge is 0.416 e. The number of nitrogens with zero attached hydrogens (tertiary/aromatic N) is 2. The SMILES string of the molecule is COCCN(C(=O)OC(C)(C)C)c1noc2ccc(COc3ccc(-c4cc(F)c(F)cc4OC)cc3)cc12. The van der Waals surface area contributed by atoms with Gasteiger partial charge in [-0.05, 0) is 62.2 Å². The van der Waals surface area contributed by atoms with Crippen LogP contribution in [-0.4, -0.2) is 44.2 Å². The van der Waals surface area contributed by atoms with Crippen LogP contribution in [0, 0.1) is 11.6 Å². The molecule has 4 aromatic rings. The number of carbonyl (C=O) groups excluding carboxylic acids is 1. The molecule has 206 valence electrons. The topological polar surface area (TPSA) is 83.3 Å². The van der Waals surface area contributed by atoms with E-state index >= 15 is 0 Å². The number of hydrogen-bond acceptors (Lipinski definition) is 7. The molecule has 0 spiro atoms. The lowest BCUT2D eigenvalue weighted by atomic mass is 10.0. The number of hydrogen-bond donors (Lipinski definition) is 0. The van der Waals surface area contributed by atoms with E-state index in [0.29, 0.717) is 33.7 Å². The summed E-state index contributed by atoms with van der Waals surface area (Å²) in [7, 11) is 2.94. The van der Waals surface area contributed by atoms with Crippen LogP contribution >= 0.6 is 0 Å². The highest BCUT2D eigenvalue weighted by molar-refractivity contribution is 5.98. The Morgan fingerprint density at radius 3 is 2.38 bits per heavy atom. The average molecular weight is 541 g/mol. The first kappa shape index (κ1) is 27.8. The zero-order chi connectivity index (χ0) is 28.2. The fraction of sp³-hybridized carbons (Fsp3) is 0.310. The molecule has 0 aliphatic carbocycles. The molecule has 39 heavy (non-hydrogen) atoms. The predicted octanol–water partition coefficient (Wildman–Crippen LogP) is 6.75. The Balaban J connectivity index is 1.52. The third-order valence-corrected chi connectivity index (χ3v) is 5.72. The number of fused-ring (bicyclic) bond motifs is 1. The molecule has 0 bridgehead atoms. The Morgan fingerprint density at radius 1 is 1.00 bits per heavy atom. The molecule has 1 aromatic heterocycles. The van der Waals surface area contributed by atoms with E-state index in [-0.39, 0.29) is 25.5 Å². The molecule has 1 amide bonds. The van der Waals surface area contributed by atoms with Gasteiger partial charge in [-0.2, -0.15) is 0 Å². The van der Waals surface area contributed by atoms with E-state index in [4.69, 9.17) is 23.5 Å². The summed E-state index contributed by atoms with van der Waals surface area (Å²) < 4.78 is 54.7. The zero-order valence-electron chi connectivity index (χ0n) is 22.4. The summed E-state index contributed by atoms with van der Waals surface area (Å²) in [5, 5.41) is 4.74. The fourth-order valence-electron chi connectivity index (χ4n) is 3.86. The Bertz CT molecular complexity index is 1450. The molecule has 10 heteroatoms. The van der Waals surface area contributed by atoms with E-state index in [9.17, 15) is 13.6 Å². The van der Waals surface area contributed by atoms with E-state index in [1.54, 1.807) is 58.2 Å². The molecule has 0 aliphatic heterocycles. The predicted molar refractivity (Wildman–Crippen MR) is 142 cm³/mol. The molecule has 0 unspecified atom stereocenters. The van der Waals surface area contributed by atoms with Gasteiger partial charge in [0.2, 0.25) is 0 Å². The van der Waals surface area contributed by atoms with Crippen molar-refractivity contribution in [1.29, 1.82) is 0 Å². The first-order valence-corrected chi connectivity index (χ1v) is 12.2. The second-order valence-corrected chi connectivity index (χ2v) is 9.74. The molecule has 8 nitrogen and oxygen atoms in total. The van der Waals surface area contributed by atoms with Gasteiger partial charge < -0.3 is 23.5 Å². The highest BCUT2D eigenvalue weighted by Crippen LogP contribution is 2.33. The van der Waals surface area contributed by atoms with Crippen LogP contribution in [0.15, 0.2) is 59.1 Å². The molecule has 0 fully saturated rings. The molecular formula is C29H30F2N2O6. The summed E-state index contributed by atoms with van der Waals surface area (Å²) in [6.07, 6.45) is -0.561. The van der Waals surface area contributed by atoms with E-state index in [1.165, 1.54) is 12.0 Å². The Kier molecular flexibility index (Phi) is 8.35. The first-order valence-electron chi connectivity index (χ1n) is 12.2. The van der Waals surface area contributed by atoms with Gasteiger partial charge in [0.25, 0.3) is 0 Å². The maximum atomic E-state index is 13.8. The lowest BCUT2D eigenvalue weighted by Gasteiger charge is -2.25. The summed E-state index contributed by atoms with van der Waals surface area (Å²) in [5.41, 5.74) is 1.70. The Morgan fingerprint density at radius 2 is 1.72 bits per heavy atom. The van der Waals surface area contributed by atoms with Gasteiger partial charge in [-0.1, -0.05) is 23.4 Å². The van der Waals surface area contributed by atoms with E-state index in [1.807, 2.05) is 12.1 Å². The van der Waals surface area contributed by atoms with Gasteiger partial charge in [-0.25, -0.2) is 13.6 Å². The molecule has 0 aliphatic rings. The van der Waals surface area contributed by atoms with Gasteiger partial charge in [0.1, 0.15) is 23.7 Å². The molecule has 0 N–H and O–H groups in total. The number of aromatic nitrogens is 1. The number of anilines is 1. The number of methoxy groups -OCH3 is 2. The van der Waals surface area contributed by atoms with Gasteiger partial charge in [0, 0.05) is 18.7 Å². The van der Waals surface area contributed by atoms with Crippen LogP contribution in [0.5, 0.6) is 11.5 Å². The lowest BCUT2D eigenvalue weighted by molar-refractivity contribution is 0.0567. The van der Waals surface area contributed by atoms with Crippen LogP contribution in [-0.2, 0) is 16.1 Å². The summed E-state index contributed by atoms with van der Waals surface area (Å²) in [5.74, 6) is -0.811. The highest BCUT2D eigenvalue weighted by atomic mass is 19.2. The molecule has 0 saturated heterocycles. The highest BCUT2D eigenvalue weighted by Gasteiger charge is 2.27. The Labute approximate surface area is 225 Å². The molecule has 4 rings (SSSR count). The van der Waals surface area contributed by atoms with Crippen molar-refractivity contribution in [3.05, 3.63) is 71.8 Å². The maximum Gasteiger partial charge on any atom is 0.416 e. The van der Waals surface area contributed by atoms with Gasteiger partial charge in [-0.15, -0.1) is 0 Å². The molecule has 1 heterocycles. The number of benzene rings is 3. The number of amides is 1. The molecule has 0 saturated carbocycles. The van der Waals surface area contributed by atoms with Crippen molar-refractivity contribution in [2.45, 2.75) is 33.0 Å². The molecular weight excluding hydrogens is 510 g/mol. The van der Waals surface area contributed by atoms with Gasteiger partial charge in [-0.3, -0.25) is 4.90 Å². The minimum Gasteiger partial charge on any atom is -0.496 e. The molecule has 3 aromatic carbocycles. The monoisotopic (exact) mass is 540 g/mol. The summed E-state index contributed by atoms with van der Waals surface area (Å²) >= 11 is 0. The average Bonchev–Trinajstić information content (AvgIpc) is 3.31. The van der Waals surface area contributed by atoms with E-state index < -0.39 is 23.3 Å². The summed E-state index contributed by atoms with van der Waals surface area (Å²) in [4.78, 5) is 14.3. The van der Waals surface area contributed by atoms with Crippen LogP contribution in [0.25, 0.3) is 22.1 Å². The van der Waals surface area contributed by atoms with Crippen molar-refractivity contribution in [3.8, 4) is 22.6 Å². The third-order valence-electron chi connectivity index (χ3n) is 5.72. The van der Waals surface area contributed by atoms with Crippen molar-refractivity contribution >= 4 is 22.9 Å². The fourth-order valence-corrected chi connectivity index (χ4v) is 3.86. The van der Waals surface area contributed by atoms with Gasteiger partial charge in [0.15, 0.2) is 23.0 Å². The van der Waals surface area contributed by atoms with Gasteiger partial charge in [0.05, 0.1) is 25.6 Å². The van der Waals surface area contributed by atoms with Crippen molar-refractivity contribution in [2.24, 2.45) is 0 Å². The second kappa shape index (κ2) is 11.7. The van der Waals surface area contributed by atoms with Crippen LogP contribution in [0.1, 0.15) is 26.3 Å². The number of halogens is 2. The zero-order valence-corrected chi connectivity index (χ0v) is 22.4. The number of ether oxygens (including phenoxy) is 4. The second-order valence-electron chi connectivity index (χ2n) is 9.74. The molecule has 0 radical (unpaired) electrons. The van der Waals surface area contributed by atoms with E-state index in [2.05, 4.69) is 5.16 Å². The van der Waals surface area contributed by atoms with Crippen LogP contribution < -0.4 is 14.4 Å². The lowest BCUT2D eigenvalue weighted by Crippen LogP contribution is -2.39. The minimum atomic E-state index is -0.976. The third kappa shape index (κ3) is 6.64. The van der Waals surface area contributed by atoms with Crippen LogP contribution in [0.2, 0.25) is 0 Å². The summed E-state index contributed by atoms with van der Waals surface area (Å²) in [6.45, 7) is 6.09. The van der Waals surface area contributed by atoms with Crippen LogP contribution in [0.3, 0.4) is 0 Å². The standard InChI is InChI=1S/C29H30F2N2O6/c1-29(2,3)38-28(34)33(12-13-35-4)27-22-14-18(6-11-25(22)39-32-27)17-37-20-9-7-19(8-10-20)21-15-23(30)24(31)16-26(21)36-5/h6-11,14-16H,12-13,17H2,1-5H3. The minimum absolute atomic E-state index is 0.221. The van der Waals surface area contributed by atoms with Crippen LogP contribution in [0.4, 0.5) is 19.4 Å². The normalized spacial score (nSPS) is 11.5. The van der Waals surface area contributed by atoms with E-state index in [0.717, 1.165) is 17.7 Å². The largest absolute Gasteiger partial charge is 0.496 e. The first-order chi connectivity index (χ1) is 18.6. The van der Waals surface area contributed by atoms with Crippen molar-refractivity contribution in [3.63, 3.8) is 0 Å². The molecule has 0 atom stereocenters. The van der Waals surface area contributed by atoms with Crippen molar-refractivity contribution in [1.82, 2.24) is 5.16 Å². The number of carbonyl (C=O) groups is 1. The Hall–Kier alpha value is -4.18. The number of rotatable bonds is 9. The summed E-state index contributed by atoms with van der Waals surface area (Å²) in [6, 6.07) is 14.5. The van der Waals surface area contributed by atoms with Crippen molar-refractivity contribution < 1.29 is 37.0 Å². The van der Waals surface area contributed by atoms with Gasteiger partial charge >= 0.3 is 6.09 Å².